The Hall–Kier alpha value is -2.50. The number of aromatic nitrogens is 2. The molecule has 1 heterocycles. The van der Waals surface area contributed by atoms with Gasteiger partial charge in [-0.15, -0.1) is 0 Å². The van der Waals surface area contributed by atoms with Crippen molar-refractivity contribution in [2.24, 2.45) is 5.14 Å². The lowest BCUT2D eigenvalue weighted by Crippen LogP contribution is -2.12. The Kier molecular flexibility index (Phi) is 4.47. The molecule has 0 aliphatic carbocycles. The molecular weight excluding hydrogens is 290 g/mol. The Balaban J connectivity index is 1.93. The summed E-state index contributed by atoms with van der Waals surface area (Å²) in [6.07, 6.45) is 2.17. The summed E-state index contributed by atoms with van der Waals surface area (Å²) in [5.74, 6) is 0.384. The van der Waals surface area contributed by atoms with E-state index in [1.165, 1.54) is 24.4 Å². The molecule has 1 aromatic carbocycles. The van der Waals surface area contributed by atoms with E-state index in [4.69, 9.17) is 10.4 Å². The molecule has 0 fully saturated rings. The molecule has 0 spiro atoms. The van der Waals surface area contributed by atoms with Crippen LogP contribution >= 0.6 is 0 Å². The summed E-state index contributed by atoms with van der Waals surface area (Å²) >= 11 is 0. The van der Waals surface area contributed by atoms with Crippen molar-refractivity contribution in [3.8, 4) is 6.07 Å². The molecule has 0 bridgehead atoms. The van der Waals surface area contributed by atoms with Gasteiger partial charge in [0.25, 0.3) is 0 Å². The maximum Gasteiger partial charge on any atom is 0.238 e. The van der Waals surface area contributed by atoms with Gasteiger partial charge in [0, 0.05) is 12.7 Å². The quantitative estimate of drug-likeness (QED) is 0.836. The van der Waals surface area contributed by atoms with Crippen molar-refractivity contribution < 1.29 is 8.42 Å². The molecule has 0 amide bonds. The maximum absolute atomic E-state index is 11.1. The number of hydrogen-bond acceptors (Lipinski definition) is 6. The van der Waals surface area contributed by atoms with E-state index < -0.39 is 10.0 Å². The van der Waals surface area contributed by atoms with Crippen molar-refractivity contribution in [2.75, 3.05) is 11.9 Å². The summed E-state index contributed by atoms with van der Waals surface area (Å²) in [4.78, 5) is 8.07. The SMILES string of the molecule is N#Cc1ccnc(NCCc2ccc(S(N)(=O)=O)cc2)n1. The van der Waals surface area contributed by atoms with Gasteiger partial charge in [-0.25, -0.2) is 23.5 Å². The molecule has 0 saturated heterocycles. The second-order valence-electron chi connectivity index (χ2n) is 4.24. The summed E-state index contributed by atoms with van der Waals surface area (Å²) in [5, 5.41) is 16.8. The fourth-order valence-electron chi connectivity index (χ4n) is 1.67. The molecule has 2 rings (SSSR count). The summed E-state index contributed by atoms with van der Waals surface area (Å²) in [6, 6.07) is 9.81. The molecule has 0 atom stereocenters. The first kappa shape index (κ1) is 14.9. The van der Waals surface area contributed by atoms with Crippen LogP contribution in [0, 0.1) is 11.3 Å². The highest BCUT2D eigenvalue weighted by Crippen LogP contribution is 2.09. The number of sulfonamides is 1. The van der Waals surface area contributed by atoms with Crippen LogP contribution in [0.4, 0.5) is 5.95 Å². The van der Waals surface area contributed by atoms with Crippen molar-refractivity contribution in [1.29, 1.82) is 5.26 Å². The number of anilines is 1. The van der Waals surface area contributed by atoms with Gasteiger partial charge in [-0.3, -0.25) is 0 Å². The molecule has 0 aliphatic heterocycles. The molecule has 7 nitrogen and oxygen atoms in total. The second kappa shape index (κ2) is 6.30. The van der Waals surface area contributed by atoms with Gasteiger partial charge in [0.05, 0.1) is 4.90 Å². The first-order chi connectivity index (χ1) is 9.99. The summed E-state index contributed by atoms with van der Waals surface area (Å²) in [5.41, 5.74) is 1.25. The van der Waals surface area contributed by atoms with Crippen LogP contribution in [0.15, 0.2) is 41.4 Å². The largest absolute Gasteiger partial charge is 0.354 e. The minimum atomic E-state index is -3.66. The zero-order chi connectivity index (χ0) is 15.3. The van der Waals surface area contributed by atoms with Crippen molar-refractivity contribution in [2.45, 2.75) is 11.3 Å². The van der Waals surface area contributed by atoms with Crippen LogP contribution in [-0.2, 0) is 16.4 Å². The summed E-state index contributed by atoms with van der Waals surface area (Å²) in [7, 11) is -3.66. The number of benzene rings is 1. The second-order valence-corrected chi connectivity index (χ2v) is 5.80. The molecule has 8 heteroatoms. The van der Waals surface area contributed by atoms with Gasteiger partial charge in [0.2, 0.25) is 16.0 Å². The first-order valence-electron chi connectivity index (χ1n) is 6.08. The standard InChI is InChI=1S/C13H13N5O2S/c14-9-11-6-8-17-13(18-11)16-7-5-10-1-3-12(4-2-10)21(15,19)20/h1-4,6,8H,5,7H2,(H2,15,19,20)(H,16,17,18). The number of nitriles is 1. The van der Waals surface area contributed by atoms with Crippen molar-refractivity contribution in [3.05, 3.63) is 47.8 Å². The molecular formula is C13H13N5O2S. The predicted octanol–water partition coefficient (Wildman–Crippen LogP) is 0.650. The van der Waals surface area contributed by atoms with Gasteiger partial charge in [0.1, 0.15) is 11.8 Å². The average molecular weight is 303 g/mol. The smallest absolute Gasteiger partial charge is 0.238 e. The lowest BCUT2D eigenvalue weighted by Gasteiger charge is -2.05. The van der Waals surface area contributed by atoms with E-state index in [9.17, 15) is 8.42 Å². The van der Waals surface area contributed by atoms with Gasteiger partial charge < -0.3 is 5.32 Å². The van der Waals surface area contributed by atoms with Gasteiger partial charge in [-0.05, 0) is 30.2 Å². The molecule has 0 aliphatic rings. The van der Waals surface area contributed by atoms with E-state index in [0.717, 1.165) is 5.56 Å². The molecule has 0 unspecified atom stereocenters. The van der Waals surface area contributed by atoms with Crippen LogP contribution in [-0.4, -0.2) is 24.9 Å². The van der Waals surface area contributed by atoms with Crippen molar-refractivity contribution >= 4 is 16.0 Å². The van der Waals surface area contributed by atoms with Gasteiger partial charge in [0.15, 0.2) is 0 Å². The molecule has 3 N–H and O–H groups in total. The number of primary sulfonamides is 1. The Morgan fingerprint density at radius 3 is 2.57 bits per heavy atom. The van der Waals surface area contributed by atoms with E-state index in [-0.39, 0.29) is 4.90 Å². The normalized spacial score (nSPS) is 10.9. The van der Waals surface area contributed by atoms with E-state index in [1.807, 2.05) is 6.07 Å². The molecule has 21 heavy (non-hydrogen) atoms. The topological polar surface area (TPSA) is 122 Å². The molecule has 2 aromatic rings. The van der Waals surface area contributed by atoms with E-state index in [0.29, 0.717) is 24.6 Å². The molecule has 108 valence electrons. The third kappa shape index (κ3) is 4.24. The number of nitrogens with zero attached hydrogens (tertiary/aromatic N) is 3. The number of rotatable bonds is 5. The van der Waals surface area contributed by atoms with Gasteiger partial charge in [-0.2, -0.15) is 5.26 Å². The van der Waals surface area contributed by atoms with Crippen LogP contribution in [0.3, 0.4) is 0 Å². The van der Waals surface area contributed by atoms with Crippen LogP contribution < -0.4 is 10.5 Å². The average Bonchev–Trinajstić information content (AvgIpc) is 2.47. The van der Waals surface area contributed by atoms with E-state index in [2.05, 4.69) is 15.3 Å². The van der Waals surface area contributed by atoms with Gasteiger partial charge >= 0.3 is 0 Å². The van der Waals surface area contributed by atoms with E-state index in [1.54, 1.807) is 12.1 Å². The summed E-state index contributed by atoms with van der Waals surface area (Å²) in [6.45, 7) is 0.559. The van der Waals surface area contributed by atoms with Crippen LogP contribution in [0.5, 0.6) is 0 Å². The Labute approximate surface area is 122 Å². The Bertz CT molecular complexity index is 766. The van der Waals surface area contributed by atoms with Crippen molar-refractivity contribution in [3.63, 3.8) is 0 Å². The number of nitrogens with two attached hydrogens (primary N) is 1. The highest BCUT2D eigenvalue weighted by atomic mass is 32.2. The minimum absolute atomic E-state index is 0.0873. The maximum atomic E-state index is 11.1. The lowest BCUT2D eigenvalue weighted by molar-refractivity contribution is 0.598. The van der Waals surface area contributed by atoms with Gasteiger partial charge in [-0.1, -0.05) is 12.1 Å². The molecule has 1 aromatic heterocycles. The third-order valence-electron chi connectivity index (χ3n) is 2.72. The molecule has 0 radical (unpaired) electrons. The fourth-order valence-corrected chi connectivity index (χ4v) is 2.19. The zero-order valence-corrected chi connectivity index (χ0v) is 11.8. The van der Waals surface area contributed by atoms with Crippen LogP contribution in [0.25, 0.3) is 0 Å². The Morgan fingerprint density at radius 1 is 1.24 bits per heavy atom. The van der Waals surface area contributed by atoms with Crippen LogP contribution in [0.2, 0.25) is 0 Å². The van der Waals surface area contributed by atoms with Crippen molar-refractivity contribution in [1.82, 2.24) is 9.97 Å². The van der Waals surface area contributed by atoms with Crippen LogP contribution in [0.1, 0.15) is 11.3 Å². The number of hydrogen-bond donors (Lipinski definition) is 2. The Morgan fingerprint density at radius 2 is 1.95 bits per heavy atom. The summed E-state index contributed by atoms with van der Waals surface area (Å²) < 4.78 is 22.3. The zero-order valence-electron chi connectivity index (χ0n) is 11.0. The highest BCUT2D eigenvalue weighted by Gasteiger charge is 2.06. The van der Waals surface area contributed by atoms with E-state index >= 15 is 0 Å². The monoisotopic (exact) mass is 303 g/mol. The first-order valence-corrected chi connectivity index (χ1v) is 7.62. The number of nitrogens with one attached hydrogen (secondary N) is 1. The lowest BCUT2D eigenvalue weighted by atomic mass is 10.1. The minimum Gasteiger partial charge on any atom is -0.354 e. The predicted molar refractivity (Wildman–Crippen MR) is 76.8 cm³/mol. The molecule has 0 saturated carbocycles. The highest BCUT2D eigenvalue weighted by molar-refractivity contribution is 7.89. The third-order valence-corrected chi connectivity index (χ3v) is 3.65. The fraction of sp³-hybridized carbons (Fsp3) is 0.154.